The summed E-state index contributed by atoms with van der Waals surface area (Å²) < 4.78 is 11.3. The van der Waals surface area contributed by atoms with E-state index in [-0.39, 0.29) is 30.6 Å². The average molecular weight is 487 g/mol. The van der Waals surface area contributed by atoms with E-state index in [0.717, 1.165) is 17.9 Å². The van der Waals surface area contributed by atoms with E-state index >= 15 is 0 Å². The van der Waals surface area contributed by atoms with Crippen molar-refractivity contribution in [1.82, 2.24) is 19.8 Å². The zero-order valence-corrected chi connectivity index (χ0v) is 19.5. The maximum Gasteiger partial charge on any atom is 0.336 e. The van der Waals surface area contributed by atoms with E-state index < -0.39 is 11.7 Å². The zero-order chi connectivity index (χ0) is 24.7. The maximum absolute atomic E-state index is 13.6. The first-order valence-corrected chi connectivity index (χ1v) is 11.7. The second-order valence-corrected chi connectivity index (χ2v) is 9.42. The number of nitrogens with zero attached hydrogens (tertiary/aromatic N) is 6. The second-order valence-electron chi connectivity index (χ2n) is 9.42. The van der Waals surface area contributed by atoms with E-state index in [1.807, 2.05) is 0 Å². The molecule has 5 rings (SSSR count). The molecule has 13 nitrogen and oxygen atoms in total. The fraction of sp³-hybridized carbons (Fsp3) is 0.591. The summed E-state index contributed by atoms with van der Waals surface area (Å²) in [6.45, 7) is 3.01. The first-order chi connectivity index (χ1) is 16.8. The summed E-state index contributed by atoms with van der Waals surface area (Å²) in [5.74, 6) is 10.7. The van der Waals surface area contributed by atoms with Crippen LogP contribution in [0.5, 0.6) is 0 Å². The highest BCUT2D eigenvalue weighted by Crippen LogP contribution is 2.45. The van der Waals surface area contributed by atoms with Gasteiger partial charge in [-0.3, -0.25) is 14.7 Å². The van der Waals surface area contributed by atoms with Gasteiger partial charge in [-0.15, -0.1) is 0 Å². The number of cyclic esters (lactones) is 1. The number of esters is 1. The number of rotatable bonds is 6. The number of morpholine rings is 1. The van der Waals surface area contributed by atoms with Gasteiger partial charge in [0.1, 0.15) is 24.7 Å². The Bertz CT molecular complexity index is 1050. The molecule has 1 spiro atoms. The van der Waals surface area contributed by atoms with Crippen LogP contribution in [0.15, 0.2) is 28.8 Å². The number of aromatic nitrogens is 2. The Morgan fingerprint density at radius 3 is 2.66 bits per heavy atom. The summed E-state index contributed by atoms with van der Waals surface area (Å²) in [7, 11) is 0. The summed E-state index contributed by atoms with van der Waals surface area (Å²) in [5.41, 5.74) is 0.639. The predicted octanol–water partition coefficient (Wildman–Crippen LogP) is -0.853. The second kappa shape index (κ2) is 9.15. The number of hydrogen-bond donors (Lipinski definition) is 3. The molecule has 1 amide bonds. The molecule has 0 aromatic carbocycles. The Kier molecular flexibility index (Phi) is 6.17. The molecule has 35 heavy (non-hydrogen) atoms. The van der Waals surface area contributed by atoms with Crippen molar-refractivity contribution in [2.24, 2.45) is 16.8 Å². The normalized spacial score (nSPS) is 30.0. The predicted molar refractivity (Wildman–Crippen MR) is 123 cm³/mol. The summed E-state index contributed by atoms with van der Waals surface area (Å²) in [6.07, 6.45) is 6.19. The molecule has 0 radical (unpaired) electrons. The van der Waals surface area contributed by atoms with Crippen LogP contribution in [0.4, 0.5) is 5.82 Å². The molecule has 0 saturated carbocycles. The van der Waals surface area contributed by atoms with Gasteiger partial charge in [-0.2, -0.15) is 5.10 Å². The molecule has 13 heteroatoms. The molecular formula is C22H30N8O5. The number of ether oxygens (including phenoxy) is 2. The van der Waals surface area contributed by atoms with Gasteiger partial charge in [-0.25, -0.2) is 20.6 Å². The highest BCUT2D eigenvalue weighted by atomic mass is 16.5. The Morgan fingerprint density at radius 2 is 2.06 bits per heavy atom. The molecule has 5 N–H and O–H groups in total. The molecule has 4 aliphatic heterocycles. The maximum atomic E-state index is 13.6. The molecule has 3 unspecified atom stereocenters. The van der Waals surface area contributed by atoms with Crippen LogP contribution in [0.2, 0.25) is 0 Å². The van der Waals surface area contributed by atoms with Gasteiger partial charge in [-0.05, 0) is 19.8 Å². The van der Waals surface area contributed by atoms with Gasteiger partial charge in [-0.1, -0.05) is 0 Å². The molecule has 1 aromatic heterocycles. The van der Waals surface area contributed by atoms with Gasteiger partial charge in [0.25, 0.3) is 5.91 Å². The first-order valence-electron chi connectivity index (χ1n) is 11.7. The Labute approximate surface area is 202 Å². The van der Waals surface area contributed by atoms with Gasteiger partial charge in [0.2, 0.25) is 0 Å². The number of amides is 1. The minimum Gasteiger partial charge on any atom is -0.456 e. The van der Waals surface area contributed by atoms with Gasteiger partial charge < -0.3 is 25.3 Å². The van der Waals surface area contributed by atoms with Crippen LogP contribution in [-0.2, 0) is 19.1 Å². The fourth-order valence-electron chi connectivity index (χ4n) is 5.70. The number of hydrazone groups is 1. The van der Waals surface area contributed by atoms with Crippen molar-refractivity contribution in [2.45, 2.75) is 56.4 Å². The number of fused-ring (bicyclic) bond motifs is 2. The van der Waals surface area contributed by atoms with Crippen molar-refractivity contribution < 1.29 is 24.2 Å². The lowest BCUT2D eigenvalue weighted by molar-refractivity contribution is -0.182. The lowest BCUT2D eigenvalue weighted by Gasteiger charge is -2.49. The van der Waals surface area contributed by atoms with Gasteiger partial charge in [0.05, 0.1) is 36.0 Å². The number of aliphatic hydroxyl groups excluding tert-OH is 1. The van der Waals surface area contributed by atoms with Crippen LogP contribution in [0.25, 0.3) is 0 Å². The van der Waals surface area contributed by atoms with E-state index in [4.69, 9.17) is 21.2 Å². The van der Waals surface area contributed by atoms with Crippen LogP contribution < -0.4 is 16.7 Å². The third kappa shape index (κ3) is 4.14. The van der Waals surface area contributed by atoms with E-state index in [1.54, 1.807) is 11.8 Å². The Balaban J connectivity index is 1.27. The first kappa shape index (κ1) is 23.6. The number of aliphatic hydroxyl groups is 1. The molecule has 0 aliphatic carbocycles. The van der Waals surface area contributed by atoms with E-state index in [1.165, 1.54) is 18.7 Å². The third-order valence-electron chi connectivity index (χ3n) is 7.47. The van der Waals surface area contributed by atoms with Crippen molar-refractivity contribution in [3.8, 4) is 0 Å². The van der Waals surface area contributed by atoms with Crippen LogP contribution >= 0.6 is 0 Å². The van der Waals surface area contributed by atoms with E-state index in [2.05, 4.69) is 20.0 Å². The number of carbonyl (C=O) groups excluding carboxylic acids is 2. The van der Waals surface area contributed by atoms with Crippen molar-refractivity contribution in [2.75, 3.05) is 31.3 Å². The number of anilines is 1. The van der Waals surface area contributed by atoms with Crippen LogP contribution in [-0.4, -0.2) is 87.1 Å². The molecular weight excluding hydrogens is 456 g/mol. The summed E-state index contributed by atoms with van der Waals surface area (Å²) in [6, 6.07) is 0.188. The summed E-state index contributed by atoms with van der Waals surface area (Å²) >= 11 is 0. The Morgan fingerprint density at radius 1 is 1.31 bits per heavy atom. The van der Waals surface area contributed by atoms with Crippen molar-refractivity contribution in [1.29, 1.82) is 0 Å². The van der Waals surface area contributed by atoms with E-state index in [9.17, 15) is 14.7 Å². The average Bonchev–Trinajstić information content (AvgIpc) is 3.30. The van der Waals surface area contributed by atoms with Crippen molar-refractivity contribution >= 4 is 24.0 Å². The zero-order valence-electron chi connectivity index (χ0n) is 19.5. The molecule has 3 fully saturated rings. The number of hydrogen-bond acceptors (Lipinski definition) is 11. The van der Waals surface area contributed by atoms with Crippen LogP contribution in [0, 0.1) is 0 Å². The SMILES string of the molecule is CC1=C(N2CCOC3(CC4CCC(C3)N4CC(O)c3cnc(N(N)/C=N\N)cn3)C2=O)COC1=O. The number of hydrazine groups is 1. The lowest BCUT2D eigenvalue weighted by atomic mass is 9.83. The molecule has 5 heterocycles. The molecule has 2 bridgehead atoms. The highest BCUT2D eigenvalue weighted by molar-refractivity contribution is 5.94. The largest absolute Gasteiger partial charge is 0.456 e. The van der Waals surface area contributed by atoms with Gasteiger partial charge >= 0.3 is 5.97 Å². The molecule has 188 valence electrons. The molecule has 3 atom stereocenters. The summed E-state index contributed by atoms with van der Waals surface area (Å²) in [5, 5.41) is 15.3. The molecule has 1 aromatic rings. The quantitative estimate of drug-likeness (QED) is 0.150. The van der Waals surface area contributed by atoms with Crippen LogP contribution in [0.1, 0.15) is 44.4 Å². The standard InChI is InChI=1S/C22H30N8O5/c1-13-17(11-34-20(13)32)28-4-5-35-22(21(28)33)6-14-2-3-15(7-22)29(14)10-18(31)16-8-26-19(9-25-16)30(24)12-27-23/h8-9,12,14-15,18,31H,2-7,10-11,23-24H2,1H3/b27-12-. The molecule has 3 saturated heterocycles. The lowest BCUT2D eigenvalue weighted by Crippen LogP contribution is -2.63. The Hall–Kier alpha value is -3.13. The highest BCUT2D eigenvalue weighted by Gasteiger charge is 2.56. The third-order valence-corrected chi connectivity index (χ3v) is 7.47. The van der Waals surface area contributed by atoms with E-state index in [0.29, 0.717) is 55.3 Å². The topological polar surface area (TPSA) is 173 Å². The minimum atomic E-state index is -0.916. The monoisotopic (exact) mass is 486 g/mol. The molecule has 4 aliphatic rings. The summed E-state index contributed by atoms with van der Waals surface area (Å²) in [4.78, 5) is 37.9. The van der Waals surface area contributed by atoms with Crippen molar-refractivity contribution in [3.05, 3.63) is 29.4 Å². The van der Waals surface area contributed by atoms with Gasteiger partial charge in [0.15, 0.2) is 5.82 Å². The fourth-order valence-corrected chi connectivity index (χ4v) is 5.70. The van der Waals surface area contributed by atoms with Crippen molar-refractivity contribution in [3.63, 3.8) is 0 Å². The smallest absolute Gasteiger partial charge is 0.336 e. The number of carbonyl (C=O) groups is 2. The number of piperidine rings is 1. The van der Waals surface area contributed by atoms with Gasteiger partial charge in [0, 0.05) is 38.0 Å². The number of nitrogens with two attached hydrogens (primary N) is 2. The minimum absolute atomic E-state index is 0.0939. The van der Waals surface area contributed by atoms with Crippen LogP contribution in [0.3, 0.4) is 0 Å².